The van der Waals surface area contributed by atoms with Gasteiger partial charge in [-0.3, -0.25) is 4.98 Å². The van der Waals surface area contributed by atoms with Gasteiger partial charge in [-0.2, -0.15) is 0 Å². The van der Waals surface area contributed by atoms with Gasteiger partial charge in [0.05, 0.1) is 12.2 Å². The highest BCUT2D eigenvalue weighted by atomic mass is 15.6. The predicted octanol–water partition coefficient (Wildman–Crippen LogP) is 8.47. The second-order valence-electron chi connectivity index (χ2n) is 12.9. The number of fused-ring (bicyclic) bond motifs is 1. The van der Waals surface area contributed by atoms with Crippen LogP contribution < -0.4 is 0 Å². The number of aryl methyl sites for hydroxylation is 3. The average Bonchev–Trinajstić information content (AvgIpc) is 3.81. The van der Waals surface area contributed by atoms with Gasteiger partial charge in [-0.25, -0.2) is 14.6 Å². The molecule has 8 aromatic rings. The van der Waals surface area contributed by atoms with Crippen LogP contribution in [0.25, 0.3) is 22.8 Å². The molecule has 0 unspecified atom stereocenters. The number of hydrogen-bond acceptors (Lipinski definition) is 6. The summed E-state index contributed by atoms with van der Waals surface area (Å²) in [5.41, 5.74) is 10.2. The molecule has 8 heteroatoms. The Morgan fingerprint density at radius 1 is 0.712 bits per heavy atom. The number of benzene rings is 4. The minimum atomic E-state index is -0.868. The first-order valence-electron chi connectivity index (χ1n) is 17.6. The van der Waals surface area contributed by atoms with Crippen molar-refractivity contribution in [2.24, 2.45) is 0 Å². The maximum absolute atomic E-state index is 4.95. The van der Waals surface area contributed by atoms with Crippen LogP contribution in [0.5, 0.6) is 0 Å². The maximum Gasteiger partial charge on any atom is 0.177 e. The number of nitrogens with zero attached hydrogens (tertiary/aromatic N) is 8. The van der Waals surface area contributed by atoms with Gasteiger partial charge in [-0.15, -0.1) is 5.10 Å². The molecule has 0 amide bonds. The zero-order valence-corrected chi connectivity index (χ0v) is 29.4. The number of aromatic nitrogens is 8. The predicted molar refractivity (Wildman–Crippen MR) is 206 cm³/mol. The molecule has 254 valence electrons. The van der Waals surface area contributed by atoms with E-state index in [-0.39, 0.29) is 0 Å². The van der Waals surface area contributed by atoms with Crippen molar-refractivity contribution in [2.45, 2.75) is 39.3 Å². The molecule has 8 rings (SSSR count). The van der Waals surface area contributed by atoms with Gasteiger partial charge in [0, 0.05) is 23.9 Å². The number of hydrogen-bond donors (Lipinski definition) is 0. The first-order chi connectivity index (χ1) is 25.6. The average molecular weight is 679 g/mol. The van der Waals surface area contributed by atoms with Gasteiger partial charge in [-0.05, 0) is 81.9 Å². The van der Waals surface area contributed by atoms with E-state index < -0.39 is 5.54 Å². The first-order valence-corrected chi connectivity index (χ1v) is 17.6. The van der Waals surface area contributed by atoms with Crippen LogP contribution in [0.3, 0.4) is 0 Å². The molecule has 4 heterocycles. The standard InChI is InChI=1S/C44H38N8/c1-4-40-47-42-31(2)28-32(3)46-43(42)51(40)30-33-23-25-34(26-24-33)38(39-22-14-15-27-45-39)29-41-48-49-50-52(41)44(35-16-8-5-9-17-35,36-18-10-6-11-19-36)37-20-12-7-13-21-37/h5-29H,4,30H2,1-3H3/b38-29+. The lowest BCUT2D eigenvalue weighted by Gasteiger charge is -2.36. The third-order valence-corrected chi connectivity index (χ3v) is 9.62. The number of pyridine rings is 2. The lowest BCUT2D eigenvalue weighted by atomic mass is 9.77. The lowest BCUT2D eigenvalue weighted by Crippen LogP contribution is -2.39. The molecule has 0 atom stereocenters. The normalized spacial score (nSPS) is 12.0. The summed E-state index contributed by atoms with van der Waals surface area (Å²) in [5, 5.41) is 13.7. The van der Waals surface area contributed by atoms with Crippen molar-refractivity contribution < 1.29 is 0 Å². The van der Waals surface area contributed by atoms with Crippen LogP contribution in [-0.2, 0) is 18.5 Å². The molecule has 0 fully saturated rings. The van der Waals surface area contributed by atoms with Gasteiger partial charge in [0.25, 0.3) is 0 Å². The minimum Gasteiger partial charge on any atom is -0.308 e. The molecule has 4 aromatic carbocycles. The summed E-state index contributed by atoms with van der Waals surface area (Å²) in [6, 6.07) is 48.0. The lowest BCUT2D eigenvalue weighted by molar-refractivity contribution is 0.443. The van der Waals surface area contributed by atoms with Crippen molar-refractivity contribution in [3.05, 3.63) is 202 Å². The molecule has 0 bridgehead atoms. The van der Waals surface area contributed by atoms with E-state index in [4.69, 9.17) is 20.2 Å². The van der Waals surface area contributed by atoms with Crippen molar-refractivity contribution in [1.29, 1.82) is 0 Å². The van der Waals surface area contributed by atoms with E-state index in [0.717, 1.165) is 73.8 Å². The molecular weight excluding hydrogens is 641 g/mol. The van der Waals surface area contributed by atoms with E-state index in [1.54, 1.807) is 0 Å². The first kappa shape index (κ1) is 32.7. The Morgan fingerprint density at radius 2 is 1.33 bits per heavy atom. The van der Waals surface area contributed by atoms with Gasteiger partial charge in [0.2, 0.25) is 0 Å². The fraction of sp³-hybridized carbons (Fsp3) is 0.136. The summed E-state index contributed by atoms with van der Waals surface area (Å²) in [4.78, 5) is 14.6. The number of tetrazole rings is 1. The fourth-order valence-electron chi connectivity index (χ4n) is 7.24. The van der Waals surface area contributed by atoms with Crippen molar-refractivity contribution in [3.63, 3.8) is 0 Å². The highest BCUT2D eigenvalue weighted by Crippen LogP contribution is 2.41. The third kappa shape index (κ3) is 5.88. The van der Waals surface area contributed by atoms with Crippen LogP contribution in [0.2, 0.25) is 0 Å². The van der Waals surface area contributed by atoms with Crippen LogP contribution in [0, 0.1) is 13.8 Å². The molecule has 0 aliphatic carbocycles. The molecule has 52 heavy (non-hydrogen) atoms. The molecule has 0 radical (unpaired) electrons. The second-order valence-corrected chi connectivity index (χ2v) is 12.9. The van der Waals surface area contributed by atoms with Gasteiger partial charge in [0.15, 0.2) is 11.5 Å². The highest BCUT2D eigenvalue weighted by Gasteiger charge is 2.41. The zero-order valence-electron chi connectivity index (χ0n) is 29.4. The molecule has 0 saturated heterocycles. The Balaban J connectivity index is 1.27. The van der Waals surface area contributed by atoms with Crippen LogP contribution in [0.4, 0.5) is 0 Å². The topological polar surface area (TPSA) is 87.2 Å². The van der Waals surface area contributed by atoms with Crippen LogP contribution >= 0.6 is 0 Å². The van der Waals surface area contributed by atoms with Crippen molar-refractivity contribution in [1.82, 2.24) is 39.7 Å². The van der Waals surface area contributed by atoms with E-state index >= 15 is 0 Å². The van der Waals surface area contributed by atoms with E-state index in [1.165, 1.54) is 0 Å². The van der Waals surface area contributed by atoms with E-state index in [0.29, 0.717) is 12.4 Å². The molecule has 0 N–H and O–H groups in total. The summed E-state index contributed by atoms with van der Waals surface area (Å²) in [7, 11) is 0. The Morgan fingerprint density at radius 3 is 1.90 bits per heavy atom. The molecule has 4 aromatic heterocycles. The Hall–Kier alpha value is -6.54. The van der Waals surface area contributed by atoms with E-state index in [1.807, 2.05) is 54.2 Å². The SMILES string of the molecule is CCc1nc2c(C)cc(C)nc2n1Cc1ccc(/C(=C\c2nnnn2C(c2ccccc2)(c2ccccc2)c2ccccc2)c2ccccn2)cc1. The quantitative estimate of drug-likeness (QED) is 0.135. The van der Waals surface area contributed by atoms with Gasteiger partial charge in [0.1, 0.15) is 16.9 Å². The largest absolute Gasteiger partial charge is 0.308 e. The van der Waals surface area contributed by atoms with Crippen LogP contribution in [0.15, 0.2) is 146 Å². The molecular formula is C44H38N8. The van der Waals surface area contributed by atoms with Gasteiger partial charge >= 0.3 is 0 Å². The van der Waals surface area contributed by atoms with Gasteiger partial charge < -0.3 is 4.57 Å². The van der Waals surface area contributed by atoms with Crippen molar-refractivity contribution >= 4 is 22.8 Å². The van der Waals surface area contributed by atoms with Crippen molar-refractivity contribution in [2.75, 3.05) is 0 Å². The van der Waals surface area contributed by atoms with E-state index in [9.17, 15) is 0 Å². The van der Waals surface area contributed by atoms with E-state index in [2.05, 4.69) is 138 Å². The third-order valence-electron chi connectivity index (χ3n) is 9.62. The van der Waals surface area contributed by atoms with Crippen LogP contribution in [-0.4, -0.2) is 39.7 Å². The monoisotopic (exact) mass is 678 g/mol. The molecule has 8 nitrogen and oxygen atoms in total. The Kier molecular flexibility index (Phi) is 8.79. The summed E-state index contributed by atoms with van der Waals surface area (Å²) in [5.74, 6) is 1.62. The summed E-state index contributed by atoms with van der Waals surface area (Å²) in [6.07, 6.45) is 4.69. The Labute approximate surface area is 303 Å². The fourth-order valence-corrected chi connectivity index (χ4v) is 7.24. The summed E-state index contributed by atoms with van der Waals surface area (Å²) in [6.45, 7) is 6.96. The zero-order chi connectivity index (χ0) is 35.5. The van der Waals surface area contributed by atoms with Crippen LogP contribution in [0.1, 0.15) is 63.3 Å². The van der Waals surface area contributed by atoms with Crippen molar-refractivity contribution in [3.8, 4) is 0 Å². The smallest absolute Gasteiger partial charge is 0.177 e. The number of imidazole rings is 1. The van der Waals surface area contributed by atoms with Gasteiger partial charge in [-0.1, -0.05) is 128 Å². The molecule has 0 aliphatic rings. The summed E-state index contributed by atoms with van der Waals surface area (Å²) < 4.78 is 4.18. The summed E-state index contributed by atoms with van der Waals surface area (Å²) >= 11 is 0. The minimum absolute atomic E-state index is 0.593. The molecule has 0 spiro atoms. The highest BCUT2D eigenvalue weighted by molar-refractivity contribution is 5.89. The number of rotatable bonds is 10. The Bertz CT molecular complexity index is 2370. The second kappa shape index (κ2) is 14.0. The molecule has 0 aliphatic heterocycles. The molecule has 0 saturated carbocycles. The maximum atomic E-state index is 4.95.